The Morgan fingerprint density at radius 3 is 2.42 bits per heavy atom. The van der Waals surface area contributed by atoms with Crippen LogP contribution < -0.4 is 0 Å². The summed E-state index contributed by atoms with van der Waals surface area (Å²) in [7, 11) is 0. The molecule has 0 aliphatic carbocycles. The van der Waals surface area contributed by atoms with Crippen molar-refractivity contribution in [1.29, 1.82) is 0 Å². The van der Waals surface area contributed by atoms with E-state index in [2.05, 4.69) is 30.9 Å². The van der Waals surface area contributed by atoms with Crippen LogP contribution in [0, 0.1) is 12.8 Å². The zero-order valence-electron chi connectivity index (χ0n) is 14.9. The van der Waals surface area contributed by atoms with Crippen molar-refractivity contribution < 1.29 is 14.3 Å². The van der Waals surface area contributed by atoms with Crippen LogP contribution >= 0.6 is 0 Å². The molecule has 1 unspecified atom stereocenters. The number of rotatable bonds is 10. The lowest BCUT2D eigenvalue weighted by molar-refractivity contribution is 0.00457. The maximum absolute atomic E-state index is 10.3. The van der Waals surface area contributed by atoms with E-state index < -0.39 is 6.10 Å². The summed E-state index contributed by atoms with van der Waals surface area (Å²) in [6.07, 6.45) is -0.511. The highest BCUT2D eigenvalue weighted by molar-refractivity contribution is 5.15. The molecule has 0 saturated carbocycles. The van der Waals surface area contributed by atoms with Gasteiger partial charge in [-0.15, -0.1) is 0 Å². The first kappa shape index (κ1) is 18.7. The normalized spacial score (nSPS) is 12.9. The second-order valence-corrected chi connectivity index (χ2v) is 6.75. The van der Waals surface area contributed by atoms with Gasteiger partial charge in [0, 0.05) is 19.7 Å². The Morgan fingerprint density at radius 2 is 1.79 bits per heavy atom. The van der Waals surface area contributed by atoms with Gasteiger partial charge in [0.2, 0.25) is 0 Å². The zero-order valence-corrected chi connectivity index (χ0v) is 14.9. The van der Waals surface area contributed by atoms with E-state index in [4.69, 9.17) is 9.15 Å². The standard InChI is InChI=1S/C20H29NO3/c1-16(2)14-23-15-19(22)12-21(11-18-7-5-4-6-8-18)13-20-10-9-17(3)24-20/h4-10,16,19,22H,11-15H2,1-3H3. The highest BCUT2D eigenvalue weighted by Gasteiger charge is 2.15. The second kappa shape index (κ2) is 9.62. The molecule has 0 saturated heterocycles. The van der Waals surface area contributed by atoms with Crippen molar-refractivity contribution in [2.24, 2.45) is 5.92 Å². The monoisotopic (exact) mass is 331 g/mol. The summed E-state index contributed by atoms with van der Waals surface area (Å²) < 4.78 is 11.3. The van der Waals surface area contributed by atoms with Gasteiger partial charge in [-0.05, 0) is 30.5 Å². The molecule has 0 bridgehead atoms. The SMILES string of the molecule is Cc1ccc(CN(Cc2ccccc2)CC(O)COCC(C)C)o1. The van der Waals surface area contributed by atoms with Crippen LogP contribution in [0.25, 0.3) is 0 Å². The lowest BCUT2D eigenvalue weighted by Gasteiger charge is -2.24. The lowest BCUT2D eigenvalue weighted by atomic mass is 10.2. The number of aliphatic hydroxyl groups is 1. The molecule has 0 radical (unpaired) electrons. The van der Waals surface area contributed by atoms with Gasteiger partial charge in [0.1, 0.15) is 11.5 Å². The van der Waals surface area contributed by atoms with Gasteiger partial charge in [0.25, 0.3) is 0 Å². The average Bonchev–Trinajstić information content (AvgIpc) is 2.93. The highest BCUT2D eigenvalue weighted by atomic mass is 16.5. The van der Waals surface area contributed by atoms with Crippen LogP contribution in [0.1, 0.15) is 30.9 Å². The van der Waals surface area contributed by atoms with Crippen LogP contribution in [-0.2, 0) is 17.8 Å². The topological polar surface area (TPSA) is 45.8 Å². The fraction of sp³-hybridized carbons (Fsp3) is 0.500. The predicted molar refractivity (Wildman–Crippen MR) is 95.7 cm³/mol. The molecule has 0 aliphatic heterocycles. The van der Waals surface area contributed by atoms with Gasteiger partial charge in [-0.1, -0.05) is 44.2 Å². The van der Waals surface area contributed by atoms with E-state index in [-0.39, 0.29) is 0 Å². The molecule has 2 rings (SSSR count). The number of benzene rings is 1. The Labute approximate surface area is 145 Å². The Balaban J connectivity index is 1.93. The summed E-state index contributed by atoms with van der Waals surface area (Å²) in [5.41, 5.74) is 1.22. The second-order valence-electron chi connectivity index (χ2n) is 6.75. The molecule has 1 N–H and O–H groups in total. The van der Waals surface area contributed by atoms with Crippen LogP contribution in [0.5, 0.6) is 0 Å². The number of ether oxygens (including phenoxy) is 1. The molecule has 1 heterocycles. The number of hydrogen-bond acceptors (Lipinski definition) is 4. The summed E-state index contributed by atoms with van der Waals surface area (Å²) in [6, 6.07) is 14.2. The molecule has 4 nitrogen and oxygen atoms in total. The summed E-state index contributed by atoms with van der Waals surface area (Å²) in [6.45, 7) is 9.17. The Bertz CT molecular complexity index is 580. The van der Waals surface area contributed by atoms with Crippen LogP contribution in [0.2, 0.25) is 0 Å². The fourth-order valence-electron chi connectivity index (χ4n) is 2.61. The van der Waals surface area contributed by atoms with Gasteiger partial charge in [0.15, 0.2) is 0 Å². The van der Waals surface area contributed by atoms with Gasteiger partial charge in [0.05, 0.1) is 19.3 Å². The smallest absolute Gasteiger partial charge is 0.118 e. The van der Waals surface area contributed by atoms with E-state index in [9.17, 15) is 5.11 Å². The van der Waals surface area contributed by atoms with Crippen LogP contribution in [-0.4, -0.2) is 35.9 Å². The molecular weight excluding hydrogens is 302 g/mol. The zero-order chi connectivity index (χ0) is 17.4. The first-order chi connectivity index (χ1) is 11.5. The van der Waals surface area contributed by atoms with Gasteiger partial charge < -0.3 is 14.3 Å². The minimum atomic E-state index is -0.511. The molecular formula is C20H29NO3. The van der Waals surface area contributed by atoms with Crippen LogP contribution in [0.3, 0.4) is 0 Å². The van der Waals surface area contributed by atoms with Gasteiger partial charge >= 0.3 is 0 Å². The van der Waals surface area contributed by atoms with E-state index >= 15 is 0 Å². The molecule has 4 heteroatoms. The molecule has 0 fully saturated rings. The molecule has 0 aliphatic rings. The van der Waals surface area contributed by atoms with E-state index in [0.717, 1.165) is 18.1 Å². The van der Waals surface area contributed by atoms with E-state index in [1.54, 1.807) is 0 Å². The van der Waals surface area contributed by atoms with Crippen molar-refractivity contribution >= 4 is 0 Å². The summed E-state index contributed by atoms with van der Waals surface area (Å²) in [4.78, 5) is 2.19. The van der Waals surface area contributed by atoms with Crippen molar-refractivity contribution in [3.63, 3.8) is 0 Å². The molecule has 1 aromatic carbocycles. The maximum Gasteiger partial charge on any atom is 0.118 e. The van der Waals surface area contributed by atoms with E-state index in [1.165, 1.54) is 5.56 Å². The van der Waals surface area contributed by atoms with Crippen molar-refractivity contribution in [1.82, 2.24) is 4.90 Å². The molecule has 2 aromatic rings. The average molecular weight is 331 g/mol. The maximum atomic E-state index is 10.3. The molecule has 1 aromatic heterocycles. The van der Waals surface area contributed by atoms with E-state index in [0.29, 0.717) is 32.2 Å². The predicted octanol–water partition coefficient (Wildman–Crippen LogP) is 3.62. The van der Waals surface area contributed by atoms with Crippen molar-refractivity contribution in [2.45, 2.75) is 40.0 Å². The largest absolute Gasteiger partial charge is 0.465 e. The number of furan rings is 1. The lowest BCUT2D eigenvalue weighted by Crippen LogP contribution is -2.34. The van der Waals surface area contributed by atoms with Crippen LogP contribution in [0.15, 0.2) is 46.9 Å². The minimum Gasteiger partial charge on any atom is -0.465 e. The first-order valence-corrected chi connectivity index (χ1v) is 8.60. The third kappa shape index (κ3) is 6.87. The molecule has 1 atom stereocenters. The third-order valence-electron chi connectivity index (χ3n) is 3.65. The molecule has 0 spiro atoms. The van der Waals surface area contributed by atoms with Crippen molar-refractivity contribution in [3.8, 4) is 0 Å². The number of hydrogen-bond donors (Lipinski definition) is 1. The number of aliphatic hydroxyl groups excluding tert-OH is 1. The highest BCUT2D eigenvalue weighted by Crippen LogP contribution is 2.13. The Hall–Kier alpha value is -1.62. The minimum absolute atomic E-state index is 0.362. The third-order valence-corrected chi connectivity index (χ3v) is 3.65. The summed E-state index contributed by atoms with van der Waals surface area (Å²) in [5, 5.41) is 10.3. The van der Waals surface area contributed by atoms with Crippen molar-refractivity contribution in [2.75, 3.05) is 19.8 Å². The van der Waals surface area contributed by atoms with Crippen LogP contribution in [0.4, 0.5) is 0 Å². The summed E-state index contributed by atoms with van der Waals surface area (Å²) >= 11 is 0. The van der Waals surface area contributed by atoms with Gasteiger partial charge in [-0.2, -0.15) is 0 Å². The molecule has 132 valence electrons. The molecule has 0 amide bonds. The quantitative estimate of drug-likeness (QED) is 0.722. The van der Waals surface area contributed by atoms with Gasteiger partial charge in [-0.3, -0.25) is 4.90 Å². The number of aryl methyl sites for hydroxylation is 1. The first-order valence-electron chi connectivity index (χ1n) is 8.60. The van der Waals surface area contributed by atoms with E-state index in [1.807, 2.05) is 37.3 Å². The Kier molecular flexibility index (Phi) is 7.50. The summed E-state index contributed by atoms with van der Waals surface area (Å²) in [5.74, 6) is 2.30. The van der Waals surface area contributed by atoms with Gasteiger partial charge in [-0.25, -0.2) is 0 Å². The van der Waals surface area contributed by atoms with Crippen molar-refractivity contribution in [3.05, 3.63) is 59.5 Å². The Morgan fingerprint density at radius 1 is 1.04 bits per heavy atom. The molecule has 24 heavy (non-hydrogen) atoms. The fourth-order valence-corrected chi connectivity index (χ4v) is 2.61. The number of nitrogens with zero attached hydrogens (tertiary/aromatic N) is 1.